The first-order valence-electron chi connectivity index (χ1n) is 5.39. The third-order valence-corrected chi connectivity index (χ3v) is 3.93. The van der Waals surface area contributed by atoms with Crippen LogP contribution in [0.15, 0.2) is 16.6 Å². The van der Waals surface area contributed by atoms with Gasteiger partial charge in [-0.3, -0.25) is 0 Å². The normalized spacial score (nSPS) is 10.4. The van der Waals surface area contributed by atoms with E-state index < -0.39 is 17.6 Å². The minimum absolute atomic E-state index is 0.0524. The lowest BCUT2D eigenvalue weighted by Gasteiger charge is -2.06. The molecule has 0 unspecified atom stereocenters. The maximum atomic E-state index is 13.7. The summed E-state index contributed by atoms with van der Waals surface area (Å²) in [4.78, 5) is 16.1. The Kier molecular flexibility index (Phi) is 4.34. The molecule has 0 atom stereocenters. The Labute approximate surface area is 125 Å². The Morgan fingerprint density at radius 2 is 2.15 bits per heavy atom. The highest BCUT2D eigenvalue weighted by molar-refractivity contribution is 9.10. The van der Waals surface area contributed by atoms with Crippen LogP contribution in [-0.4, -0.2) is 18.1 Å². The molecule has 20 heavy (non-hydrogen) atoms. The predicted octanol–water partition coefficient (Wildman–Crippen LogP) is 4.02. The molecular weight excluding hydrogens is 354 g/mol. The van der Waals surface area contributed by atoms with E-state index in [0.29, 0.717) is 10.0 Å². The van der Waals surface area contributed by atoms with E-state index in [9.17, 15) is 13.6 Å². The number of halogens is 3. The number of hydrogen-bond acceptors (Lipinski definition) is 5. The summed E-state index contributed by atoms with van der Waals surface area (Å²) < 4.78 is 31.5. The molecule has 1 aromatic heterocycles. The number of nitrogens with one attached hydrogen (secondary N) is 1. The molecular formula is C12H9BrF2N2O2S. The molecule has 4 nitrogen and oxygen atoms in total. The van der Waals surface area contributed by atoms with Crippen LogP contribution in [0.2, 0.25) is 0 Å². The van der Waals surface area contributed by atoms with Gasteiger partial charge in [-0.25, -0.2) is 18.6 Å². The van der Waals surface area contributed by atoms with Gasteiger partial charge in [-0.15, -0.1) is 11.3 Å². The molecule has 0 bridgehead atoms. The number of esters is 1. The second-order valence-corrected chi connectivity index (χ2v) is 5.84. The van der Waals surface area contributed by atoms with Gasteiger partial charge in [-0.1, -0.05) is 0 Å². The van der Waals surface area contributed by atoms with Crippen LogP contribution >= 0.6 is 27.3 Å². The molecule has 106 valence electrons. The summed E-state index contributed by atoms with van der Waals surface area (Å²) in [5.41, 5.74) is 0.218. The molecule has 0 saturated carbocycles. The van der Waals surface area contributed by atoms with Crippen molar-refractivity contribution in [1.29, 1.82) is 0 Å². The van der Waals surface area contributed by atoms with Gasteiger partial charge >= 0.3 is 5.97 Å². The van der Waals surface area contributed by atoms with E-state index in [2.05, 4.69) is 31.0 Å². The fraction of sp³-hybridized carbons (Fsp3) is 0.167. The highest BCUT2D eigenvalue weighted by atomic mass is 79.9. The van der Waals surface area contributed by atoms with Crippen molar-refractivity contribution in [3.05, 3.63) is 38.8 Å². The Balaban J connectivity index is 2.34. The van der Waals surface area contributed by atoms with Crippen molar-refractivity contribution in [2.24, 2.45) is 0 Å². The number of nitrogens with zero attached hydrogens (tertiary/aromatic N) is 1. The number of methoxy groups -OCH3 is 1. The van der Waals surface area contributed by atoms with E-state index >= 15 is 0 Å². The molecule has 1 heterocycles. The number of aryl methyl sites for hydroxylation is 1. The standard InChI is InChI=1S/C12H9BrF2N2O2S/c1-5-9(11(18)19-2)16-12(20-5)17-10-7(13)3-6(14)4-8(10)15/h3-4H,1-2H3,(H,16,17). The zero-order valence-electron chi connectivity index (χ0n) is 10.5. The summed E-state index contributed by atoms with van der Waals surface area (Å²) in [6.45, 7) is 1.70. The molecule has 2 rings (SSSR count). The molecule has 0 saturated heterocycles. The highest BCUT2D eigenvalue weighted by Crippen LogP contribution is 2.32. The second-order valence-electron chi connectivity index (χ2n) is 3.78. The van der Waals surface area contributed by atoms with Crippen molar-refractivity contribution in [3.8, 4) is 0 Å². The molecule has 1 aromatic carbocycles. The molecule has 0 aliphatic rings. The maximum absolute atomic E-state index is 13.7. The van der Waals surface area contributed by atoms with Crippen LogP contribution in [0.5, 0.6) is 0 Å². The van der Waals surface area contributed by atoms with Crippen LogP contribution < -0.4 is 5.32 Å². The molecule has 0 spiro atoms. The average Bonchev–Trinajstić information content (AvgIpc) is 2.74. The molecule has 1 N–H and O–H groups in total. The molecule has 0 radical (unpaired) electrons. The van der Waals surface area contributed by atoms with Crippen LogP contribution in [0, 0.1) is 18.6 Å². The van der Waals surface area contributed by atoms with E-state index in [1.54, 1.807) is 6.92 Å². The number of carbonyl (C=O) groups excluding carboxylic acids is 1. The third kappa shape index (κ3) is 2.96. The van der Waals surface area contributed by atoms with E-state index in [4.69, 9.17) is 0 Å². The molecule has 0 amide bonds. The minimum Gasteiger partial charge on any atom is -0.464 e. The monoisotopic (exact) mass is 362 g/mol. The topological polar surface area (TPSA) is 51.2 Å². The predicted molar refractivity (Wildman–Crippen MR) is 75.5 cm³/mol. The second kappa shape index (κ2) is 5.84. The third-order valence-electron chi connectivity index (χ3n) is 2.41. The van der Waals surface area contributed by atoms with Crippen molar-refractivity contribution in [2.75, 3.05) is 12.4 Å². The Hall–Kier alpha value is -1.54. The summed E-state index contributed by atoms with van der Waals surface area (Å²) >= 11 is 4.24. The fourth-order valence-corrected chi connectivity index (χ4v) is 2.82. The van der Waals surface area contributed by atoms with Gasteiger partial charge in [0, 0.05) is 15.4 Å². The van der Waals surface area contributed by atoms with Crippen molar-refractivity contribution in [2.45, 2.75) is 6.92 Å². The summed E-state index contributed by atoms with van der Waals surface area (Å²) in [7, 11) is 1.25. The Morgan fingerprint density at radius 1 is 1.45 bits per heavy atom. The Morgan fingerprint density at radius 3 is 2.75 bits per heavy atom. The largest absolute Gasteiger partial charge is 0.464 e. The van der Waals surface area contributed by atoms with E-state index in [1.807, 2.05) is 0 Å². The number of ether oxygens (including phenoxy) is 1. The number of carbonyl (C=O) groups is 1. The first-order valence-corrected chi connectivity index (χ1v) is 7.00. The molecule has 0 aliphatic heterocycles. The van der Waals surface area contributed by atoms with Gasteiger partial charge in [0.05, 0.1) is 12.8 Å². The Bertz CT molecular complexity index is 652. The van der Waals surface area contributed by atoms with Crippen LogP contribution in [-0.2, 0) is 4.74 Å². The first-order chi connectivity index (χ1) is 9.42. The molecule has 8 heteroatoms. The van der Waals surface area contributed by atoms with E-state index in [1.165, 1.54) is 18.4 Å². The quantitative estimate of drug-likeness (QED) is 0.837. The first kappa shape index (κ1) is 14.9. The number of aromatic nitrogens is 1. The minimum atomic E-state index is -0.760. The summed E-state index contributed by atoms with van der Waals surface area (Å²) in [6, 6.07) is 1.89. The molecule has 2 aromatic rings. The SMILES string of the molecule is COC(=O)c1nc(Nc2c(F)cc(F)cc2Br)sc1C. The van der Waals surface area contributed by atoms with E-state index in [-0.39, 0.29) is 15.9 Å². The maximum Gasteiger partial charge on any atom is 0.357 e. The summed E-state index contributed by atoms with van der Waals surface area (Å²) in [6.07, 6.45) is 0. The van der Waals surface area contributed by atoms with Gasteiger partial charge < -0.3 is 10.1 Å². The summed E-state index contributed by atoms with van der Waals surface area (Å²) in [5, 5.41) is 3.03. The molecule has 0 aliphatic carbocycles. The lowest BCUT2D eigenvalue weighted by Crippen LogP contribution is -2.03. The van der Waals surface area contributed by atoms with Crippen LogP contribution in [0.3, 0.4) is 0 Å². The zero-order valence-corrected chi connectivity index (χ0v) is 12.9. The smallest absolute Gasteiger partial charge is 0.357 e. The van der Waals surface area contributed by atoms with Gasteiger partial charge in [0.2, 0.25) is 0 Å². The van der Waals surface area contributed by atoms with Crippen LogP contribution in [0.4, 0.5) is 19.6 Å². The van der Waals surface area contributed by atoms with Crippen molar-refractivity contribution in [3.63, 3.8) is 0 Å². The van der Waals surface area contributed by atoms with Crippen LogP contribution in [0.25, 0.3) is 0 Å². The van der Waals surface area contributed by atoms with Gasteiger partial charge in [0.1, 0.15) is 5.82 Å². The van der Waals surface area contributed by atoms with E-state index in [0.717, 1.165) is 12.1 Å². The fourth-order valence-electron chi connectivity index (χ4n) is 1.50. The molecule has 0 fully saturated rings. The zero-order chi connectivity index (χ0) is 14.9. The van der Waals surface area contributed by atoms with Gasteiger partial charge in [-0.05, 0) is 28.9 Å². The lowest BCUT2D eigenvalue weighted by atomic mass is 10.3. The van der Waals surface area contributed by atoms with Crippen LogP contribution in [0.1, 0.15) is 15.4 Å². The van der Waals surface area contributed by atoms with Gasteiger partial charge in [0.15, 0.2) is 16.6 Å². The van der Waals surface area contributed by atoms with Crippen molar-refractivity contribution in [1.82, 2.24) is 4.98 Å². The van der Waals surface area contributed by atoms with Crippen molar-refractivity contribution >= 4 is 44.1 Å². The number of anilines is 2. The number of thiazole rings is 1. The van der Waals surface area contributed by atoms with Gasteiger partial charge in [-0.2, -0.15) is 0 Å². The number of benzene rings is 1. The van der Waals surface area contributed by atoms with Gasteiger partial charge in [0.25, 0.3) is 0 Å². The average molecular weight is 363 g/mol. The number of rotatable bonds is 3. The lowest BCUT2D eigenvalue weighted by molar-refractivity contribution is 0.0594. The summed E-state index contributed by atoms with van der Waals surface area (Å²) in [5.74, 6) is -2.01. The van der Waals surface area contributed by atoms with Crippen molar-refractivity contribution < 1.29 is 18.3 Å². The number of hydrogen-bond donors (Lipinski definition) is 1. The highest BCUT2D eigenvalue weighted by Gasteiger charge is 2.17.